The molecule has 5 heteroatoms. The Labute approximate surface area is 129 Å². The van der Waals surface area contributed by atoms with Crippen molar-refractivity contribution in [1.82, 2.24) is 5.32 Å². The Morgan fingerprint density at radius 2 is 1.82 bits per heavy atom. The van der Waals surface area contributed by atoms with Gasteiger partial charge in [-0.1, -0.05) is 24.3 Å². The normalized spacial score (nSPS) is 9.86. The molecule has 0 radical (unpaired) electrons. The quantitative estimate of drug-likeness (QED) is 0.861. The number of amides is 2. The molecule has 0 aromatic heterocycles. The number of methoxy groups -OCH3 is 1. The van der Waals surface area contributed by atoms with Gasteiger partial charge in [0, 0.05) is 30.3 Å². The van der Waals surface area contributed by atoms with E-state index in [0.717, 1.165) is 0 Å². The smallest absolute Gasteiger partial charge is 0.251 e. The molecule has 2 amide bonds. The summed E-state index contributed by atoms with van der Waals surface area (Å²) in [6.45, 7) is 0.281. The molecule has 0 unspecified atom stereocenters. The zero-order valence-electron chi connectivity index (χ0n) is 12.3. The van der Waals surface area contributed by atoms with Gasteiger partial charge in [-0.15, -0.1) is 0 Å². The molecule has 0 aliphatic rings. The highest BCUT2D eigenvalue weighted by molar-refractivity contribution is 5.95. The van der Waals surface area contributed by atoms with Crippen molar-refractivity contribution in [1.29, 1.82) is 0 Å². The highest BCUT2D eigenvalue weighted by Crippen LogP contribution is 2.16. The molecule has 22 heavy (non-hydrogen) atoms. The topological polar surface area (TPSA) is 67.4 Å². The van der Waals surface area contributed by atoms with E-state index in [2.05, 4.69) is 10.6 Å². The van der Waals surface area contributed by atoms with E-state index in [-0.39, 0.29) is 24.8 Å². The Kier molecular flexibility index (Phi) is 5.54. The van der Waals surface area contributed by atoms with Crippen LogP contribution in [0.1, 0.15) is 16.8 Å². The first-order valence-corrected chi connectivity index (χ1v) is 6.96. The molecule has 0 saturated heterocycles. The van der Waals surface area contributed by atoms with Gasteiger partial charge < -0.3 is 15.4 Å². The third kappa shape index (κ3) is 4.63. The number of benzene rings is 2. The molecule has 0 atom stereocenters. The molecule has 2 rings (SSSR count). The second-order valence-electron chi connectivity index (χ2n) is 4.65. The van der Waals surface area contributed by atoms with Crippen LogP contribution in [-0.4, -0.2) is 25.5 Å². The molecule has 0 heterocycles. The summed E-state index contributed by atoms with van der Waals surface area (Å²) in [5.74, 6) is 0.326. The predicted octanol–water partition coefficient (Wildman–Crippen LogP) is 2.45. The lowest BCUT2D eigenvalue weighted by molar-refractivity contribution is -0.116. The van der Waals surface area contributed by atoms with Crippen molar-refractivity contribution in [3.63, 3.8) is 0 Å². The lowest BCUT2D eigenvalue weighted by Gasteiger charge is -2.08. The van der Waals surface area contributed by atoms with Gasteiger partial charge in [-0.25, -0.2) is 0 Å². The highest BCUT2D eigenvalue weighted by Gasteiger charge is 2.06. The Morgan fingerprint density at radius 3 is 2.55 bits per heavy atom. The first-order valence-electron chi connectivity index (χ1n) is 6.96. The van der Waals surface area contributed by atoms with Crippen LogP contribution in [0.3, 0.4) is 0 Å². The monoisotopic (exact) mass is 298 g/mol. The van der Waals surface area contributed by atoms with E-state index < -0.39 is 0 Å². The van der Waals surface area contributed by atoms with E-state index in [9.17, 15) is 9.59 Å². The van der Waals surface area contributed by atoms with Gasteiger partial charge in [-0.3, -0.25) is 9.59 Å². The van der Waals surface area contributed by atoms with Crippen LogP contribution in [0, 0.1) is 0 Å². The molecule has 2 N–H and O–H groups in total. The number of carbonyl (C=O) groups excluding carboxylic acids is 2. The molecule has 2 aromatic carbocycles. The van der Waals surface area contributed by atoms with Crippen LogP contribution in [0.2, 0.25) is 0 Å². The summed E-state index contributed by atoms with van der Waals surface area (Å²) < 4.78 is 5.09. The van der Waals surface area contributed by atoms with Crippen LogP contribution >= 0.6 is 0 Å². The number of carbonyl (C=O) groups is 2. The molecule has 0 aliphatic heterocycles. The van der Waals surface area contributed by atoms with E-state index in [0.29, 0.717) is 17.0 Å². The van der Waals surface area contributed by atoms with Crippen molar-refractivity contribution >= 4 is 17.5 Å². The number of hydrogen-bond donors (Lipinski definition) is 2. The van der Waals surface area contributed by atoms with Crippen molar-refractivity contribution in [3.05, 3.63) is 60.2 Å². The third-order valence-electron chi connectivity index (χ3n) is 3.03. The van der Waals surface area contributed by atoms with E-state index in [1.807, 2.05) is 6.07 Å². The van der Waals surface area contributed by atoms with E-state index >= 15 is 0 Å². The number of ether oxygens (including phenoxy) is 1. The second-order valence-corrected chi connectivity index (χ2v) is 4.65. The first-order chi connectivity index (χ1) is 10.7. The van der Waals surface area contributed by atoms with Crippen molar-refractivity contribution < 1.29 is 14.3 Å². The number of anilines is 1. The second kappa shape index (κ2) is 7.83. The van der Waals surface area contributed by atoms with Gasteiger partial charge in [0.25, 0.3) is 5.91 Å². The maximum Gasteiger partial charge on any atom is 0.251 e. The van der Waals surface area contributed by atoms with Gasteiger partial charge in [-0.05, 0) is 24.3 Å². The predicted molar refractivity (Wildman–Crippen MR) is 85.0 cm³/mol. The molecule has 0 aliphatic carbocycles. The van der Waals surface area contributed by atoms with Crippen LogP contribution in [-0.2, 0) is 4.79 Å². The first kappa shape index (κ1) is 15.6. The maximum absolute atomic E-state index is 11.8. The van der Waals surface area contributed by atoms with Gasteiger partial charge >= 0.3 is 0 Å². The summed E-state index contributed by atoms with van der Waals surface area (Å²) in [6.07, 6.45) is 0.204. The Hall–Kier alpha value is -2.82. The fourth-order valence-corrected chi connectivity index (χ4v) is 1.91. The summed E-state index contributed by atoms with van der Waals surface area (Å²) in [5, 5.41) is 5.47. The average Bonchev–Trinajstić information content (AvgIpc) is 2.55. The highest BCUT2D eigenvalue weighted by atomic mass is 16.5. The van der Waals surface area contributed by atoms with Crippen LogP contribution in [0.4, 0.5) is 5.69 Å². The summed E-state index contributed by atoms with van der Waals surface area (Å²) in [7, 11) is 1.57. The van der Waals surface area contributed by atoms with Crippen molar-refractivity contribution in [2.24, 2.45) is 0 Å². The van der Waals surface area contributed by atoms with Gasteiger partial charge in [0.05, 0.1) is 7.11 Å². The Morgan fingerprint density at radius 1 is 1.05 bits per heavy atom. The molecule has 0 spiro atoms. The van der Waals surface area contributed by atoms with E-state index in [1.165, 1.54) is 0 Å². The fourth-order valence-electron chi connectivity index (χ4n) is 1.91. The fraction of sp³-hybridized carbons (Fsp3) is 0.176. The van der Waals surface area contributed by atoms with Crippen molar-refractivity contribution in [2.45, 2.75) is 6.42 Å². The summed E-state index contributed by atoms with van der Waals surface area (Å²) in [4.78, 5) is 23.6. The number of rotatable bonds is 6. The minimum absolute atomic E-state index is 0.165. The number of nitrogens with one attached hydrogen (secondary N) is 2. The molecule has 0 bridgehead atoms. The summed E-state index contributed by atoms with van der Waals surface area (Å²) in [5.41, 5.74) is 1.24. The van der Waals surface area contributed by atoms with Gasteiger partial charge in [0.1, 0.15) is 5.75 Å². The molecule has 5 nitrogen and oxygen atoms in total. The van der Waals surface area contributed by atoms with Crippen LogP contribution in [0.15, 0.2) is 54.6 Å². The third-order valence-corrected chi connectivity index (χ3v) is 3.03. The zero-order chi connectivity index (χ0) is 15.8. The molecular weight excluding hydrogens is 280 g/mol. The van der Waals surface area contributed by atoms with Crippen LogP contribution in [0.5, 0.6) is 5.75 Å². The standard InChI is InChI=1S/C17H18N2O3/c1-22-15-9-5-8-14(12-15)19-16(20)10-11-18-17(21)13-6-3-2-4-7-13/h2-9,12H,10-11H2,1H3,(H,18,21)(H,19,20). The Balaban J connectivity index is 1.77. The van der Waals surface area contributed by atoms with Crippen LogP contribution in [0.25, 0.3) is 0 Å². The van der Waals surface area contributed by atoms with Gasteiger partial charge in [0.15, 0.2) is 0 Å². The van der Waals surface area contributed by atoms with Crippen LogP contribution < -0.4 is 15.4 Å². The van der Waals surface area contributed by atoms with Crippen molar-refractivity contribution in [2.75, 3.05) is 19.0 Å². The summed E-state index contributed by atoms with van der Waals surface area (Å²) in [6, 6.07) is 16.0. The molecule has 114 valence electrons. The van der Waals surface area contributed by atoms with E-state index in [1.54, 1.807) is 55.6 Å². The van der Waals surface area contributed by atoms with Crippen molar-refractivity contribution in [3.8, 4) is 5.75 Å². The molecule has 2 aromatic rings. The lowest BCUT2D eigenvalue weighted by atomic mass is 10.2. The lowest BCUT2D eigenvalue weighted by Crippen LogP contribution is -2.27. The minimum atomic E-state index is -0.185. The SMILES string of the molecule is COc1cccc(NC(=O)CCNC(=O)c2ccccc2)c1. The van der Waals surface area contributed by atoms with E-state index in [4.69, 9.17) is 4.74 Å². The van der Waals surface area contributed by atoms with Gasteiger partial charge in [0.2, 0.25) is 5.91 Å². The maximum atomic E-state index is 11.8. The zero-order valence-corrected chi connectivity index (χ0v) is 12.3. The molecule has 0 saturated carbocycles. The minimum Gasteiger partial charge on any atom is -0.497 e. The largest absolute Gasteiger partial charge is 0.497 e. The average molecular weight is 298 g/mol. The Bertz CT molecular complexity index is 641. The number of hydrogen-bond acceptors (Lipinski definition) is 3. The summed E-state index contributed by atoms with van der Waals surface area (Å²) >= 11 is 0. The molecule has 0 fully saturated rings. The molecular formula is C17H18N2O3. The van der Waals surface area contributed by atoms with Gasteiger partial charge in [-0.2, -0.15) is 0 Å².